The van der Waals surface area contributed by atoms with Crippen molar-refractivity contribution in [3.8, 4) is 0 Å². The molecule has 0 saturated carbocycles. The van der Waals surface area contributed by atoms with E-state index in [1.807, 2.05) is 16.7 Å². The van der Waals surface area contributed by atoms with Gasteiger partial charge in [0.25, 0.3) is 0 Å². The van der Waals surface area contributed by atoms with Gasteiger partial charge in [0.15, 0.2) is 0 Å². The van der Waals surface area contributed by atoms with Gasteiger partial charge in [-0.25, -0.2) is 0 Å². The first-order valence-corrected chi connectivity index (χ1v) is 3.97. The number of rotatable bonds is 2. The molecule has 0 heterocycles. The molecule has 0 N–H and O–H groups in total. The molecule has 0 aliphatic heterocycles. The molecule has 0 unspecified atom stereocenters. The fraction of sp³-hybridized carbons (Fsp3) is 0.500. The summed E-state index contributed by atoms with van der Waals surface area (Å²) in [4.78, 5) is 1.88. The van der Waals surface area contributed by atoms with Crippen LogP contribution < -0.4 is 0 Å². The maximum atomic E-state index is 3.16. The summed E-state index contributed by atoms with van der Waals surface area (Å²) < 4.78 is 0. The van der Waals surface area contributed by atoms with Crippen LogP contribution in [-0.4, -0.2) is 12.0 Å². The van der Waals surface area contributed by atoms with Gasteiger partial charge in [-0.2, -0.15) is 11.8 Å². The second kappa shape index (κ2) is 5.57. The lowest BCUT2D eigenvalue weighted by atomic mass is 10.8. The zero-order valence-corrected chi connectivity index (χ0v) is 6.05. The van der Waals surface area contributed by atoms with Gasteiger partial charge < -0.3 is 0 Å². The van der Waals surface area contributed by atoms with Gasteiger partial charge in [0.2, 0.25) is 0 Å². The Morgan fingerprint density at radius 2 is 2.50 bits per heavy atom. The monoisotopic (exact) mass is 166 g/mol. The van der Waals surface area contributed by atoms with E-state index in [9.17, 15) is 0 Å². The van der Waals surface area contributed by atoms with E-state index < -0.39 is 0 Å². The number of hydrogen-bond acceptors (Lipinski definition) is 1. The van der Waals surface area contributed by atoms with E-state index in [0.29, 0.717) is 0 Å². The molecule has 0 fully saturated rings. The SMILES string of the molecule is CSC/C=C/Br. The van der Waals surface area contributed by atoms with Crippen molar-refractivity contribution in [1.82, 2.24) is 0 Å². The molecule has 0 aromatic carbocycles. The van der Waals surface area contributed by atoms with Crippen molar-refractivity contribution in [2.75, 3.05) is 12.0 Å². The van der Waals surface area contributed by atoms with Crippen molar-refractivity contribution in [3.05, 3.63) is 11.1 Å². The van der Waals surface area contributed by atoms with Crippen LogP contribution in [0.25, 0.3) is 0 Å². The average molecular weight is 167 g/mol. The predicted octanol–water partition coefficient (Wildman–Crippen LogP) is 2.26. The molecule has 0 amide bonds. The normalized spacial score (nSPS) is 10.3. The van der Waals surface area contributed by atoms with Crippen LogP contribution in [0.3, 0.4) is 0 Å². The van der Waals surface area contributed by atoms with Crippen molar-refractivity contribution >= 4 is 27.7 Å². The highest BCUT2D eigenvalue weighted by atomic mass is 79.9. The van der Waals surface area contributed by atoms with Crippen LogP contribution in [0.2, 0.25) is 0 Å². The molecule has 36 valence electrons. The van der Waals surface area contributed by atoms with Crippen molar-refractivity contribution in [1.29, 1.82) is 0 Å². The van der Waals surface area contributed by atoms with Crippen LogP contribution in [0.4, 0.5) is 0 Å². The van der Waals surface area contributed by atoms with Gasteiger partial charge in [0.1, 0.15) is 0 Å². The standard InChI is InChI=1S/C4H7BrS/c1-6-4-2-3-5/h2-3H,4H2,1H3/b3-2+. The molecule has 0 bridgehead atoms. The Balaban J connectivity index is 2.66. The minimum Gasteiger partial charge on any atom is -0.161 e. The van der Waals surface area contributed by atoms with Gasteiger partial charge in [0, 0.05) is 5.75 Å². The highest BCUT2D eigenvalue weighted by molar-refractivity contribution is 9.11. The van der Waals surface area contributed by atoms with Gasteiger partial charge in [-0.3, -0.25) is 0 Å². The summed E-state index contributed by atoms with van der Waals surface area (Å²) >= 11 is 4.97. The van der Waals surface area contributed by atoms with Crippen LogP contribution in [0.15, 0.2) is 11.1 Å². The maximum Gasteiger partial charge on any atom is 0.0118 e. The van der Waals surface area contributed by atoms with Crippen LogP contribution in [0.5, 0.6) is 0 Å². The fourth-order valence-corrected chi connectivity index (χ4v) is 0.856. The molecule has 0 saturated heterocycles. The van der Waals surface area contributed by atoms with Crippen molar-refractivity contribution in [2.45, 2.75) is 0 Å². The summed E-state index contributed by atoms with van der Waals surface area (Å²) in [7, 11) is 0. The largest absolute Gasteiger partial charge is 0.161 e. The highest BCUT2D eigenvalue weighted by Crippen LogP contribution is 1.92. The van der Waals surface area contributed by atoms with E-state index in [1.54, 1.807) is 0 Å². The summed E-state index contributed by atoms with van der Waals surface area (Å²) in [6.45, 7) is 0. The Labute approximate surface area is 51.1 Å². The fourth-order valence-electron chi connectivity index (χ4n) is 0.133. The van der Waals surface area contributed by atoms with Gasteiger partial charge >= 0.3 is 0 Å². The van der Waals surface area contributed by atoms with Crippen molar-refractivity contribution < 1.29 is 0 Å². The summed E-state index contributed by atoms with van der Waals surface area (Å²) in [5, 5.41) is 0. The van der Waals surface area contributed by atoms with Crippen LogP contribution in [0, 0.1) is 0 Å². The summed E-state index contributed by atoms with van der Waals surface area (Å²) in [5.41, 5.74) is 0. The average Bonchev–Trinajstić information content (AvgIpc) is 1.61. The topological polar surface area (TPSA) is 0 Å². The van der Waals surface area contributed by atoms with E-state index in [1.165, 1.54) is 0 Å². The van der Waals surface area contributed by atoms with Gasteiger partial charge in [-0.1, -0.05) is 22.0 Å². The second-order valence-electron chi connectivity index (χ2n) is 0.817. The highest BCUT2D eigenvalue weighted by Gasteiger charge is 1.65. The molecular formula is C4H7BrS. The lowest BCUT2D eigenvalue weighted by molar-refractivity contribution is 1.82. The van der Waals surface area contributed by atoms with E-state index in [-0.39, 0.29) is 0 Å². The van der Waals surface area contributed by atoms with E-state index in [4.69, 9.17) is 0 Å². The van der Waals surface area contributed by atoms with Crippen LogP contribution >= 0.6 is 27.7 Å². The summed E-state index contributed by atoms with van der Waals surface area (Å²) in [6.07, 6.45) is 4.14. The Kier molecular flexibility index (Phi) is 6.10. The molecule has 0 spiro atoms. The quantitative estimate of drug-likeness (QED) is 0.607. The third kappa shape index (κ3) is 4.57. The molecule has 6 heavy (non-hydrogen) atoms. The molecule has 0 nitrogen and oxygen atoms in total. The minimum atomic E-state index is 1.10. The second-order valence-corrected chi connectivity index (χ2v) is 2.26. The zero-order chi connectivity index (χ0) is 4.83. The Bertz CT molecular complexity index is 42.8. The third-order valence-electron chi connectivity index (χ3n) is 0.352. The molecule has 2 heteroatoms. The number of hydrogen-bond donors (Lipinski definition) is 0. The summed E-state index contributed by atoms with van der Waals surface area (Å²) in [5.74, 6) is 1.10. The number of thioether (sulfide) groups is 1. The zero-order valence-electron chi connectivity index (χ0n) is 3.65. The van der Waals surface area contributed by atoms with Gasteiger partial charge in [0.05, 0.1) is 0 Å². The maximum absolute atomic E-state index is 3.16. The van der Waals surface area contributed by atoms with Crippen LogP contribution in [0.1, 0.15) is 0 Å². The molecule has 0 aromatic heterocycles. The molecule has 0 radical (unpaired) electrons. The first-order chi connectivity index (χ1) is 2.91. The molecular weight excluding hydrogens is 160 g/mol. The van der Waals surface area contributed by atoms with Crippen LogP contribution in [-0.2, 0) is 0 Å². The lowest BCUT2D eigenvalue weighted by Gasteiger charge is -1.76. The molecule has 0 aliphatic rings. The Morgan fingerprint density at radius 3 is 2.67 bits per heavy atom. The molecule has 0 rings (SSSR count). The summed E-state index contributed by atoms with van der Waals surface area (Å²) in [6, 6.07) is 0. The Morgan fingerprint density at radius 1 is 1.83 bits per heavy atom. The van der Waals surface area contributed by atoms with Crippen molar-refractivity contribution in [3.63, 3.8) is 0 Å². The van der Waals surface area contributed by atoms with E-state index >= 15 is 0 Å². The Hall–Kier alpha value is 0.570. The van der Waals surface area contributed by atoms with E-state index in [2.05, 4.69) is 28.3 Å². The first-order valence-electron chi connectivity index (χ1n) is 1.66. The predicted molar refractivity (Wildman–Crippen MR) is 36.4 cm³/mol. The lowest BCUT2D eigenvalue weighted by Crippen LogP contribution is -1.59. The van der Waals surface area contributed by atoms with Gasteiger partial charge in [-0.15, -0.1) is 0 Å². The van der Waals surface area contributed by atoms with Gasteiger partial charge in [-0.05, 0) is 11.2 Å². The number of halogens is 1. The minimum absolute atomic E-state index is 1.10. The molecule has 0 aromatic rings. The smallest absolute Gasteiger partial charge is 0.0118 e. The van der Waals surface area contributed by atoms with Crippen molar-refractivity contribution in [2.24, 2.45) is 0 Å². The first kappa shape index (κ1) is 6.57. The molecule has 0 aliphatic carbocycles. The molecule has 0 atom stereocenters. The van der Waals surface area contributed by atoms with E-state index in [0.717, 1.165) is 5.75 Å². The third-order valence-corrected chi connectivity index (χ3v) is 1.25.